The van der Waals surface area contributed by atoms with Gasteiger partial charge in [-0.3, -0.25) is 0 Å². The van der Waals surface area contributed by atoms with Gasteiger partial charge in [0.25, 0.3) is 0 Å². The van der Waals surface area contributed by atoms with E-state index in [0.717, 1.165) is 0 Å². The van der Waals surface area contributed by atoms with Gasteiger partial charge in [0.15, 0.2) is 0 Å². The zero-order chi connectivity index (χ0) is 14.5. The number of esters is 1. The molecule has 5 heteroatoms. The SMILES string of the molecule is CC(C)(C)OC(=O)C=Cc1ccc(O)cc1CN=O. The van der Waals surface area contributed by atoms with Crippen LogP contribution in [0.1, 0.15) is 31.9 Å². The van der Waals surface area contributed by atoms with Crippen LogP contribution in [0.15, 0.2) is 29.5 Å². The van der Waals surface area contributed by atoms with Crippen molar-refractivity contribution in [1.82, 2.24) is 0 Å². The number of benzene rings is 1. The number of carbonyl (C=O) groups excluding carboxylic acids is 1. The van der Waals surface area contributed by atoms with E-state index in [4.69, 9.17) is 4.74 Å². The highest BCUT2D eigenvalue weighted by Crippen LogP contribution is 2.19. The number of nitroso groups, excluding NO2 is 1. The molecule has 1 rings (SSSR count). The molecule has 0 aromatic heterocycles. The number of ether oxygens (including phenoxy) is 1. The van der Waals surface area contributed by atoms with Crippen molar-refractivity contribution >= 4 is 12.0 Å². The molecule has 1 aromatic carbocycles. The Kier molecular flexibility index (Phi) is 4.80. The van der Waals surface area contributed by atoms with Crippen molar-refractivity contribution in [1.29, 1.82) is 0 Å². The van der Waals surface area contributed by atoms with E-state index in [-0.39, 0.29) is 12.3 Å². The number of aromatic hydroxyl groups is 1. The predicted molar refractivity (Wildman–Crippen MR) is 72.5 cm³/mol. The summed E-state index contributed by atoms with van der Waals surface area (Å²) in [5.41, 5.74) is 0.641. The molecule has 0 saturated carbocycles. The zero-order valence-electron chi connectivity index (χ0n) is 11.2. The maximum atomic E-state index is 11.5. The highest BCUT2D eigenvalue weighted by atomic mass is 16.6. The van der Waals surface area contributed by atoms with Crippen LogP contribution in [-0.2, 0) is 16.1 Å². The highest BCUT2D eigenvalue weighted by molar-refractivity contribution is 5.87. The number of hydrogen-bond acceptors (Lipinski definition) is 5. The summed E-state index contributed by atoms with van der Waals surface area (Å²) < 4.78 is 5.12. The van der Waals surface area contributed by atoms with E-state index < -0.39 is 11.6 Å². The molecule has 0 aliphatic carbocycles. The molecule has 0 heterocycles. The fraction of sp³-hybridized carbons (Fsp3) is 0.357. The number of carbonyl (C=O) groups is 1. The van der Waals surface area contributed by atoms with Crippen molar-refractivity contribution in [2.75, 3.05) is 0 Å². The molecule has 1 N–H and O–H groups in total. The van der Waals surface area contributed by atoms with E-state index in [1.165, 1.54) is 24.3 Å². The van der Waals surface area contributed by atoms with Crippen LogP contribution in [0, 0.1) is 4.91 Å². The van der Waals surface area contributed by atoms with Crippen LogP contribution in [0.3, 0.4) is 0 Å². The monoisotopic (exact) mass is 263 g/mol. The van der Waals surface area contributed by atoms with Crippen molar-refractivity contribution in [2.24, 2.45) is 5.18 Å². The van der Waals surface area contributed by atoms with Gasteiger partial charge < -0.3 is 9.84 Å². The van der Waals surface area contributed by atoms with E-state index in [9.17, 15) is 14.8 Å². The van der Waals surface area contributed by atoms with Crippen molar-refractivity contribution in [2.45, 2.75) is 32.9 Å². The number of phenols is 1. The van der Waals surface area contributed by atoms with Crippen molar-refractivity contribution in [3.63, 3.8) is 0 Å². The fourth-order valence-electron chi connectivity index (χ4n) is 1.45. The average Bonchev–Trinajstić information content (AvgIpc) is 2.26. The second-order valence-electron chi connectivity index (χ2n) is 5.04. The molecule has 0 aliphatic heterocycles. The summed E-state index contributed by atoms with van der Waals surface area (Å²) in [6, 6.07) is 4.52. The molecule has 0 unspecified atom stereocenters. The molecule has 0 amide bonds. The number of nitrogens with zero attached hydrogens (tertiary/aromatic N) is 1. The molecule has 0 radical (unpaired) electrons. The summed E-state index contributed by atoms with van der Waals surface area (Å²) in [4.78, 5) is 21.8. The summed E-state index contributed by atoms with van der Waals surface area (Å²) in [6.45, 7) is 5.27. The zero-order valence-corrected chi connectivity index (χ0v) is 11.2. The molecule has 5 nitrogen and oxygen atoms in total. The smallest absolute Gasteiger partial charge is 0.331 e. The first-order chi connectivity index (χ1) is 8.81. The predicted octanol–water partition coefficient (Wildman–Crippen LogP) is 3.01. The number of phenolic OH excluding ortho intramolecular Hbond substituents is 1. The summed E-state index contributed by atoms with van der Waals surface area (Å²) in [5, 5.41) is 12.1. The molecule has 0 fully saturated rings. The first kappa shape index (κ1) is 14.9. The van der Waals surface area contributed by atoms with Gasteiger partial charge in [0, 0.05) is 6.08 Å². The van der Waals surface area contributed by atoms with Gasteiger partial charge in [0.2, 0.25) is 0 Å². The van der Waals surface area contributed by atoms with Crippen LogP contribution in [-0.4, -0.2) is 16.7 Å². The molecular formula is C14H17NO4. The van der Waals surface area contributed by atoms with Gasteiger partial charge in [-0.15, -0.1) is 0 Å². The molecule has 0 bridgehead atoms. The number of rotatable bonds is 4. The molecule has 102 valence electrons. The summed E-state index contributed by atoms with van der Waals surface area (Å²) in [5.74, 6) is -0.418. The van der Waals surface area contributed by atoms with Crippen molar-refractivity contribution in [3.8, 4) is 5.75 Å². The summed E-state index contributed by atoms with van der Waals surface area (Å²) in [6.07, 6.45) is 2.82. The Morgan fingerprint density at radius 1 is 1.42 bits per heavy atom. The Balaban J connectivity index is 2.86. The van der Waals surface area contributed by atoms with Gasteiger partial charge in [0.1, 0.15) is 17.9 Å². The minimum atomic E-state index is -0.552. The Morgan fingerprint density at radius 2 is 2.11 bits per heavy atom. The van der Waals surface area contributed by atoms with Crippen LogP contribution in [0.4, 0.5) is 0 Å². The highest BCUT2D eigenvalue weighted by Gasteiger charge is 2.14. The molecule has 0 atom stereocenters. The first-order valence-corrected chi connectivity index (χ1v) is 5.84. The maximum Gasteiger partial charge on any atom is 0.331 e. The van der Waals surface area contributed by atoms with Gasteiger partial charge in [-0.1, -0.05) is 11.2 Å². The molecular weight excluding hydrogens is 246 g/mol. The third kappa shape index (κ3) is 5.33. The van der Waals surface area contributed by atoms with E-state index >= 15 is 0 Å². The largest absolute Gasteiger partial charge is 0.508 e. The molecule has 0 aliphatic rings. The maximum absolute atomic E-state index is 11.5. The fourth-order valence-corrected chi connectivity index (χ4v) is 1.45. The Hall–Kier alpha value is -2.17. The lowest BCUT2D eigenvalue weighted by Gasteiger charge is -2.17. The summed E-state index contributed by atoms with van der Waals surface area (Å²) >= 11 is 0. The van der Waals surface area contributed by atoms with Crippen LogP contribution < -0.4 is 0 Å². The molecule has 1 aromatic rings. The lowest BCUT2D eigenvalue weighted by Crippen LogP contribution is -2.22. The first-order valence-electron chi connectivity index (χ1n) is 5.84. The number of hydrogen-bond donors (Lipinski definition) is 1. The minimum absolute atomic E-state index is 0.0491. The Labute approximate surface area is 111 Å². The normalized spacial score (nSPS) is 11.5. The second-order valence-corrected chi connectivity index (χ2v) is 5.04. The van der Waals surface area contributed by atoms with Gasteiger partial charge in [-0.25, -0.2) is 4.79 Å². The Morgan fingerprint density at radius 3 is 2.68 bits per heavy atom. The van der Waals surface area contributed by atoms with E-state index in [0.29, 0.717) is 11.1 Å². The summed E-state index contributed by atoms with van der Waals surface area (Å²) in [7, 11) is 0. The third-order valence-electron chi connectivity index (χ3n) is 2.17. The minimum Gasteiger partial charge on any atom is -0.508 e. The lowest BCUT2D eigenvalue weighted by atomic mass is 10.1. The molecule has 19 heavy (non-hydrogen) atoms. The van der Waals surface area contributed by atoms with Crippen LogP contribution in [0.2, 0.25) is 0 Å². The van der Waals surface area contributed by atoms with Crippen LogP contribution >= 0.6 is 0 Å². The van der Waals surface area contributed by atoms with Crippen molar-refractivity contribution in [3.05, 3.63) is 40.3 Å². The van der Waals surface area contributed by atoms with E-state index in [1.54, 1.807) is 26.8 Å². The van der Waals surface area contributed by atoms with E-state index in [2.05, 4.69) is 5.18 Å². The van der Waals surface area contributed by atoms with Crippen molar-refractivity contribution < 1.29 is 14.6 Å². The average molecular weight is 263 g/mol. The van der Waals surface area contributed by atoms with Gasteiger partial charge in [0.05, 0.1) is 0 Å². The third-order valence-corrected chi connectivity index (χ3v) is 2.17. The standard InChI is InChI=1S/C14H17NO4/c1-14(2,3)19-13(17)7-5-10-4-6-12(16)8-11(10)9-15-18/h4-8,16H,9H2,1-3H3. The van der Waals surface area contributed by atoms with Gasteiger partial charge in [-0.05, 0) is 50.1 Å². The Bertz CT molecular complexity index is 501. The van der Waals surface area contributed by atoms with Crippen LogP contribution in [0.25, 0.3) is 6.08 Å². The van der Waals surface area contributed by atoms with Gasteiger partial charge >= 0.3 is 5.97 Å². The van der Waals surface area contributed by atoms with Gasteiger partial charge in [-0.2, -0.15) is 4.91 Å². The molecule has 0 saturated heterocycles. The topological polar surface area (TPSA) is 76.0 Å². The molecule has 0 spiro atoms. The lowest BCUT2D eigenvalue weighted by molar-refractivity contribution is -0.148. The quantitative estimate of drug-likeness (QED) is 0.514. The van der Waals surface area contributed by atoms with Crippen LogP contribution in [0.5, 0.6) is 5.75 Å². The second kappa shape index (κ2) is 6.13. The van der Waals surface area contributed by atoms with E-state index in [1.807, 2.05) is 0 Å².